The van der Waals surface area contributed by atoms with Crippen LogP contribution in [0.25, 0.3) is 11.5 Å². The van der Waals surface area contributed by atoms with Gasteiger partial charge in [-0.1, -0.05) is 11.8 Å². The number of anilines is 1. The number of sulfonamides is 1. The molecule has 1 aliphatic heterocycles. The van der Waals surface area contributed by atoms with Crippen LogP contribution in [0.5, 0.6) is 5.75 Å². The zero-order valence-corrected chi connectivity index (χ0v) is 19.3. The van der Waals surface area contributed by atoms with Gasteiger partial charge in [0.15, 0.2) is 0 Å². The molecule has 1 aromatic carbocycles. The van der Waals surface area contributed by atoms with Gasteiger partial charge in [-0.05, 0) is 30.3 Å². The van der Waals surface area contributed by atoms with Gasteiger partial charge in [0, 0.05) is 25.5 Å². The Morgan fingerprint density at radius 3 is 2.79 bits per heavy atom. The van der Waals surface area contributed by atoms with Crippen LogP contribution in [0.15, 0.2) is 57.3 Å². The highest BCUT2D eigenvalue weighted by Gasteiger charge is 2.27. The summed E-state index contributed by atoms with van der Waals surface area (Å²) in [7, 11) is -2.28. The van der Waals surface area contributed by atoms with E-state index in [1.807, 2.05) is 0 Å². The molecule has 174 valence electrons. The Hall–Kier alpha value is -3.00. The summed E-state index contributed by atoms with van der Waals surface area (Å²) in [5.41, 5.74) is 0.920. The third-order valence-corrected chi connectivity index (χ3v) is 7.41. The van der Waals surface area contributed by atoms with E-state index in [2.05, 4.69) is 20.5 Å². The first-order valence-electron chi connectivity index (χ1n) is 9.90. The molecule has 0 radical (unpaired) electrons. The number of ether oxygens (including phenoxy) is 2. The molecule has 1 N–H and O–H groups in total. The van der Waals surface area contributed by atoms with Crippen molar-refractivity contribution in [2.75, 3.05) is 44.5 Å². The van der Waals surface area contributed by atoms with Crippen molar-refractivity contribution in [1.29, 1.82) is 0 Å². The minimum Gasteiger partial charge on any atom is -0.495 e. The van der Waals surface area contributed by atoms with Gasteiger partial charge in [0.05, 0.1) is 42.2 Å². The molecular weight excluding hydrogens is 470 g/mol. The number of nitrogens with zero attached hydrogens (tertiary/aromatic N) is 4. The van der Waals surface area contributed by atoms with Crippen LogP contribution in [0.2, 0.25) is 0 Å². The molecule has 0 bridgehead atoms. The number of benzene rings is 1. The summed E-state index contributed by atoms with van der Waals surface area (Å²) in [6, 6.07) is 7.88. The maximum absolute atomic E-state index is 12.9. The molecular formula is C20H21N5O6S2. The molecule has 0 spiro atoms. The molecule has 0 aliphatic carbocycles. The summed E-state index contributed by atoms with van der Waals surface area (Å²) < 4.78 is 43.3. The fourth-order valence-electron chi connectivity index (χ4n) is 3.07. The van der Waals surface area contributed by atoms with Crippen molar-refractivity contribution >= 4 is 33.4 Å². The highest BCUT2D eigenvalue weighted by Crippen LogP contribution is 2.30. The van der Waals surface area contributed by atoms with Crippen LogP contribution in [-0.2, 0) is 19.6 Å². The minimum absolute atomic E-state index is 0.0295. The van der Waals surface area contributed by atoms with Crippen molar-refractivity contribution in [1.82, 2.24) is 19.5 Å². The van der Waals surface area contributed by atoms with Crippen molar-refractivity contribution in [3.63, 3.8) is 0 Å². The van der Waals surface area contributed by atoms with E-state index < -0.39 is 10.0 Å². The molecule has 1 saturated heterocycles. The summed E-state index contributed by atoms with van der Waals surface area (Å²) >= 11 is 1.06. The number of carbonyl (C=O) groups excluding carboxylic acids is 1. The van der Waals surface area contributed by atoms with E-state index in [9.17, 15) is 13.2 Å². The van der Waals surface area contributed by atoms with Crippen molar-refractivity contribution in [3.8, 4) is 17.2 Å². The zero-order valence-electron chi connectivity index (χ0n) is 17.6. The van der Waals surface area contributed by atoms with Crippen molar-refractivity contribution in [2.24, 2.45) is 0 Å². The Bertz CT molecular complexity index is 1210. The molecule has 13 heteroatoms. The summed E-state index contributed by atoms with van der Waals surface area (Å²) in [6.45, 7) is 1.23. The van der Waals surface area contributed by atoms with E-state index in [0.29, 0.717) is 30.4 Å². The van der Waals surface area contributed by atoms with Gasteiger partial charge >= 0.3 is 0 Å². The van der Waals surface area contributed by atoms with Crippen LogP contribution < -0.4 is 10.1 Å². The Kier molecular flexibility index (Phi) is 7.23. The van der Waals surface area contributed by atoms with Crippen LogP contribution in [0.1, 0.15) is 0 Å². The lowest BCUT2D eigenvalue weighted by atomic mass is 10.3. The number of hydrogen-bond acceptors (Lipinski definition) is 10. The van der Waals surface area contributed by atoms with E-state index in [-0.39, 0.29) is 40.6 Å². The van der Waals surface area contributed by atoms with E-state index in [4.69, 9.17) is 13.9 Å². The molecule has 0 atom stereocenters. The average Bonchev–Trinajstić information content (AvgIpc) is 3.33. The van der Waals surface area contributed by atoms with Gasteiger partial charge in [-0.15, -0.1) is 10.2 Å². The first-order valence-corrected chi connectivity index (χ1v) is 12.3. The molecule has 1 fully saturated rings. The Morgan fingerprint density at radius 2 is 2.06 bits per heavy atom. The molecule has 1 amide bonds. The smallest absolute Gasteiger partial charge is 0.277 e. The maximum Gasteiger partial charge on any atom is 0.277 e. The van der Waals surface area contributed by atoms with Crippen LogP contribution in [0, 0.1) is 0 Å². The number of morpholine rings is 1. The van der Waals surface area contributed by atoms with Gasteiger partial charge in [0.25, 0.3) is 5.22 Å². The Labute approximate surface area is 194 Å². The fraction of sp³-hybridized carbons (Fsp3) is 0.300. The lowest BCUT2D eigenvalue weighted by Crippen LogP contribution is -2.40. The molecule has 3 aromatic rings. The van der Waals surface area contributed by atoms with E-state index in [1.165, 1.54) is 29.6 Å². The van der Waals surface area contributed by atoms with E-state index in [0.717, 1.165) is 11.8 Å². The van der Waals surface area contributed by atoms with Crippen molar-refractivity contribution in [2.45, 2.75) is 10.1 Å². The number of nitrogens with one attached hydrogen (secondary N) is 1. The quantitative estimate of drug-likeness (QED) is 0.465. The lowest BCUT2D eigenvalue weighted by molar-refractivity contribution is -0.113. The number of pyridine rings is 1. The van der Waals surface area contributed by atoms with Gasteiger partial charge in [0.2, 0.25) is 21.8 Å². The monoisotopic (exact) mass is 491 g/mol. The van der Waals surface area contributed by atoms with Crippen LogP contribution in [0.3, 0.4) is 0 Å². The maximum atomic E-state index is 12.9. The second kappa shape index (κ2) is 10.3. The first-order chi connectivity index (χ1) is 16.0. The third-order valence-electron chi connectivity index (χ3n) is 4.69. The van der Waals surface area contributed by atoms with Gasteiger partial charge in [0.1, 0.15) is 5.75 Å². The number of amides is 1. The van der Waals surface area contributed by atoms with Crippen molar-refractivity contribution in [3.05, 3.63) is 42.7 Å². The fourth-order valence-corrected chi connectivity index (χ4v) is 5.07. The second-order valence-corrected chi connectivity index (χ2v) is 9.69. The number of thioether (sulfide) groups is 1. The average molecular weight is 492 g/mol. The molecule has 0 unspecified atom stereocenters. The summed E-state index contributed by atoms with van der Waals surface area (Å²) in [4.78, 5) is 16.6. The van der Waals surface area contributed by atoms with Gasteiger partial charge in [-0.25, -0.2) is 8.42 Å². The molecule has 4 rings (SSSR count). The predicted octanol–water partition coefficient (Wildman–Crippen LogP) is 1.89. The molecule has 11 nitrogen and oxygen atoms in total. The molecule has 2 aromatic heterocycles. The Balaban J connectivity index is 1.43. The predicted molar refractivity (Wildman–Crippen MR) is 119 cm³/mol. The molecule has 33 heavy (non-hydrogen) atoms. The SMILES string of the molecule is COc1ccc(S(=O)(=O)N2CCOCC2)cc1NC(=O)CSc1nnc(-c2cccnc2)o1. The van der Waals surface area contributed by atoms with Crippen molar-refractivity contribution < 1.29 is 27.1 Å². The van der Waals surface area contributed by atoms with Crippen LogP contribution in [-0.4, -0.2) is 73.0 Å². The number of aromatic nitrogens is 3. The Morgan fingerprint density at radius 1 is 1.24 bits per heavy atom. The molecule has 1 aliphatic rings. The van der Waals surface area contributed by atoms with Gasteiger partial charge in [-0.3, -0.25) is 9.78 Å². The lowest BCUT2D eigenvalue weighted by Gasteiger charge is -2.26. The largest absolute Gasteiger partial charge is 0.495 e. The standard InChI is InChI=1S/C20H21N5O6S2/c1-29-17-5-4-15(33(27,28)25-7-9-30-10-8-25)11-16(17)22-18(26)13-32-20-24-23-19(31-20)14-3-2-6-21-12-14/h2-6,11-12H,7-10,13H2,1H3,(H,22,26). The van der Waals surface area contributed by atoms with E-state index in [1.54, 1.807) is 24.5 Å². The second-order valence-electron chi connectivity index (χ2n) is 6.83. The topological polar surface area (TPSA) is 137 Å². The summed E-state index contributed by atoms with van der Waals surface area (Å²) in [5.74, 6) is 0.220. The minimum atomic E-state index is -3.72. The summed E-state index contributed by atoms with van der Waals surface area (Å²) in [6.07, 6.45) is 3.23. The number of carbonyl (C=O) groups is 1. The third kappa shape index (κ3) is 5.50. The van der Waals surface area contributed by atoms with Gasteiger partial charge < -0.3 is 19.2 Å². The first kappa shape index (κ1) is 23.2. The number of hydrogen-bond donors (Lipinski definition) is 1. The normalized spacial score (nSPS) is 14.7. The highest BCUT2D eigenvalue weighted by molar-refractivity contribution is 7.99. The zero-order chi connectivity index (χ0) is 23.3. The van der Waals surface area contributed by atoms with E-state index >= 15 is 0 Å². The molecule has 0 saturated carbocycles. The highest BCUT2D eigenvalue weighted by atomic mass is 32.2. The molecule has 3 heterocycles. The van der Waals surface area contributed by atoms with Crippen LogP contribution >= 0.6 is 11.8 Å². The number of rotatable bonds is 8. The summed E-state index contributed by atoms with van der Waals surface area (Å²) in [5, 5.41) is 10.8. The van der Waals surface area contributed by atoms with Crippen LogP contribution in [0.4, 0.5) is 5.69 Å². The number of methoxy groups -OCH3 is 1. The van der Waals surface area contributed by atoms with Gasteiger partial charge in [-0.2, -0.15) is 4.31 Å².